The first kappa shape index (κ1) is 15.4. The summed E-state index contributed by atoms with van der Waals surface area (Å²) >= 11 is 0. The average molecular weight is 291 g/mol. The SMILES string of the molecule is Cl.NCC(F)(F)CNC(=O)c1coc2ccccc12. The molecule has 0 saturated heterocycles. The summed E-state index contributed by atoms with van der Waals surface area (Å²) in [4.78, 5) is 11.7. The number of carbonyl (C=O) groups is 1. The zero-order chi connectivity index (χ0) is 13.2. The van der Waals surface area contributed by atoms with Gasteiger partial charge in [-0.2, -0.15) is 0 Å². The van der Waals surface area contributed by atoms with Crippen LogP contribution in [0.2, 0.25) is 0 Å². The van der Waals surface area contributed by atoms with Crippen LogP contribution in [0, 0.1) is 0 Å². The molecule has 0 bridgehead atoms. The van der Waals surface area contributed by atoms with Crippen LogP contribution in [-0.4, -0.2) is 24.9 Å². The van der Waals surface area contributed by atoms with Gasteiger partial charge in [-0.05, 0) is 6.07 Å². The van der Waals surface area contributed by atoms with E-state index in [1.807, 2.05) is 0 Å². The van der Waals surface area contributed by atoms with E-state index in [-0.39, 0.29) is 18.0 Å². The molecule has 0 spiro atoms. The van der Waals surface area contributed by atoms with Crippen LogP contribution in [0.4, 0.5) is 8.78 Å². The lowest BCUT2D eigenvalue weighted by atomic mass is 10.1. The summed E-state index contributed by atoms with van der Waals surface area (Å²) in [6.07, 6.45) is 1.25. The Hall–Kier alpha value is -1.66. The van der Waals surface area contributed by atoms with E-state index in [1.54, 1.807) is 24.3 Å². The van der Waals surface area contributed by atoms with Crippen LogP contribution in [0.5, 0.6) is 0 Å². The van der Waals surface area contributed by atoms with Crippen molar-refractivity contribution >= 4 is 29.3 Å². The number of furan rings is 1. The van der Waals surface area contributed by atoms with Gasteiger partial charge in [-0.3, -0.25) is 4.79 Å². The van der Waals surface area contributed by atoms with Crippen molar-refractivity contribution < 1.29 is 18.0 Å². The molecule has 0 atom stereocenters. The van der Waals surface area contributed by atoms with Crippen molar-refractivity contribution in [3.05, 3.63) is 36.1 Å². The van der Waals surface area contributed by atoms with Crippen molar-refractivity contribution in [2.75, 3.05) is 13.1 Å². The van der Waals surface area contributed by atoms with E-state index in [4.69, 9.17) is 10.2 Å². The highest BCUT2D eigenvalue weighted by molar-refractivity contribution is 6.05. The van der Waals surface area contributed by atoms with Gasteiger partial charge in [0.2, 0.25) is 0 Å². The molecule has 0 fully saturated rings. The van der Waals surface area contributed by atoms with Crippen molar-refractivity contribution in [1.29, 1.82) is 0 Å². The number of amides is 1. The monoisotopic (exact) mass is 290 g/mol. The summed E-state index contributed by atoms with van der Waals surface area (Å²) in [6, 6.07) is 6.88. The first-order valence-electron chi connectivity index (χ1n) is 5.36. The van der Waals surface area contributed by atoms with Crippen molar-refractivity contribution in [2.24, 2.45) is 5.73 Å². The molecule has 0 unspecified atom stereocenters. The lowest BCUT2D eigenvalue weighted by Gasteiger charge is -2.13. The Morgan fingerprint density at radius 3 is 2.74 bits per heavy atom. The number of nitrogens with two attached hydrogens (primary N) is 1. The second kappa shape index (κ2) is 5.99. The maximum absolute atomic E-state index is 12.9. The van der Waals surface area contributed by atoms with Gasteiger partial charge >= 0.3 is 0 Å². The standard InChI is InChI=1S/C12H12F2N2O2.ClH/c13-12(14,6-15)7-16-11(17)9-5-18-10-4-2-1-3-8(9)10;/h1-5H,6-7,15H2,(H,16,17);1H. The maximum atomic E-state index is 12.9. The molecule has 1 amide bonds. The fourth-order valence-corrected chi connectivity index (χ4v) is 1.53. The van der Waals surface area contributed by atoms with E-state index in [0.717, 1.165) is 0 Å². The Labute approximate surface area is 114 Å². The molecule has 2 rings (SSSR count). The number of hydrogen-bond donors (Lipinski definition) is 2. The van der Waals surface area contributed by atoms with Gasteiger partial charge in [0, 0.05) is 5.39 Å². The van der Waals surface area contributed by atoms with Crippen LogP contribution in [0.15, 0.2) is 34.9 Å². The highest BCUT2D eigenvalue weighted by Crippen LogP contribution is 2.20. The van der Waals surface area contributed by atoms with Gasteiger partial charge in [0.15, 0.2) is 0 Å². The molecule has 1 aromatic carbocycles. The number of halogens is 3. The third-order valence-corrected chi connectivity index (χ3v) is 2.53. The lowest BCUT2D eigenvalue weighted by molar-refractivity contribution is 0.0119. The largest absolute Gasteiger partial charge is 0.463 e. The number of rotatable bonds is 4. The fraction of sp³-hybridized carbons (Fsp3) is 0.250. The third kappa shape index (κ3) is 3.42. The molecule has 104 valence electrons. The smallest absolute Gasteiger partial charge is 0.277 e. The topological polar surface area (TPSA) is 68.3 Å². The Kier molecular flexibility index (Phi) is 4.85. The minimum Gasteiger partial charge on any atom is -0.463 e. The van der Waals surface area contributed by atoms with Gasteiger partial charge in [-0.25, -0.2) is 8.78 Å². The van der Waals surface area contributed by atoms with Crippen LogP contribution < -0.4 is 11.1 Å². The van der Waals surface area contributed by atoms with E-state index >= 15 is 0 Å². The maximum Gasteiger partial charge on any atom is 0.277 e. The predicted octanol–water partition coefficient (Wildman–Crippen LogP) is 2.18. The molecule has 2 aromatic rings. The Balaban J connectivity index is 0.00000180. The molecule has 0 aliphatic heterocycles. The highest BCUT2D eigenvalue weighted by Gasteiger charge is 2.27. The predicted molar refractivity (Wildman–Crippen MR) is 69.8 cm³/mol. The fourth-order valence-electron chi connectivity index (χ4n) is 1.53. The summed E-state index contributed by atoms with van der Waals surface area (Å²) in [7, 11) is 0. The molecule has 4 nitrogen and oxygen atoms in total. The van der Waals surface area contributed by atoms with Gasteiger partial charge in [0.25, 0.3) is 11.8 Å². The highest BCUT2D eigenvalue weighted by atomic mass is 35.5. The van der Waals surface area contributed by atoms with Crippen LogP contribution in [0.1, 0.15) is 10.4 Å². The molecule has 1 heterocycles. The molecule has 3 N–H and O–H groups in total. The van der Waals surface area contributed by atoms with E-state index < -0.39 is 24.9 Å². The van der Waals surface area contributed by atoms with Crippen molar-refractivity contribution in [2.45, 2.75) is 5.92 Å². The second-order valence-corrected chi connectivity index (χ2v) is 3.89. The Morgan fingerprint density at radius 2 is 2.05 bits per heavy atom. The quantitative estimate of drug-likeness (QED) is 0.907. The van der Waals surface area contributed by atoms with Gasteiger partial charge in [0.05, 0.1) is 18.7 Å². The summed E-state index contributed by atoms with van der Waals surface area (Å²) in [6.45, 7) is -1.60. The zero-order valence-corrected chi connectivity index (χ0v) is 10.7. The molecule has 1 aromatic heterocycles. The second-order valence-electron chi connectivity index (χ2n) is 3.89. The summed E-state index contributed by atoms with van der Waals surface area (Å²) < 4.78 is 31.0. The summed E-state index contributed by atoms with van der Waals surface area (Å²) in [5, 5.41) is 2.73. The van der Waals surface area contributed by atoms with Crippen LogP contribution in [0.25, 0.3) is 11.0 Å². The molecular weight excluding hydrogens is 278 g/mol. The molecular formula is C12H13ClF2N2O2. The van der Waals surface area contributed by atoms with Crippen molar-refractivity contribution in [3.8, 4) is 0 Å². The van der Waals surface area contributed by atoms with Crippen LogP contribution in [-0.2, 0) is 0 Å². The first-order valence-corrected chi connectivity index (χ1v) is 5.36. The van der Waals surface area contributed by atoms with E-state index in [0.29, 0.717) is 11.0 Å². The van der Waals surface area contributed by atoms with Crippen LogP contribution in [0.3, 0.4) is 0 Å². The minimum absolute atomic E-state index is 0. The van der Waals surface area contributed by atoms with Gasteiger partial charge in [-0.15, -0.1) is 12.4 Å². The zero-order valence-electron chi connectivity index (χ0n) is 9.86. The van der Waals surface area contributed by atoms with Crippen molar-refractivity contribution in [1.82, 2.24) is 5.32 Å². The summed E-state index contributed by atoms with van der Waals surface area (Å²) in [5.74, 6) is -3.71. The third-order valence-electron chi connectivity index (χ3n) is 2.53. The number of hydrogen-bond acceptors (Lipinski definition) is 3. The Bertz CT molecular complexity index is 572. The van der Waals surface area contributed by atoms with Gasteiger partial charge in [0.1, 0.15) is 11.8 Å². The molecule has 0 radical (unpaired) electrons. The van der Waals surface area contributed by atoms with E-state index in [9.17, 15) is 13.6 Å². The number of fused-ring (bicyclic) bond motifs is 1. The summed E-state index contributed by atoms with van der Waals surface area (Å²) in [5.41, 5.74) is 5.65. The number of para-hydroxylation sites is 1. The van der Waals surface area contributed by atoms with E-state index in [2.05, 4.69) is 5.32 Å². The first-order chi connectivity index (χ1) is 8.53. The number of nitrogens with one attached hydrogen (secondary N) is 1. The number of benzene rings is 1. The normalized spacial score (nSPS) is 11.1. The number of alkyl halides is 2. The van der Waals surface area contributed by atoms with Crippen LogP contribution >= 0.6 is 12.4 Å². The molecule has 19 heavy (non-hydrogen) atoms. The lowest BCUT2D eigenvalue weighted by Crippen LogP contribution is -2.41. The Morgan fingerprint density at radius 1 is 1.37 bits per heavy atom. The molecule has 0 saturated carbocycles. The van der Waals surface area contributed by atoms with Gasteiger partial charge in [-0.1, -0.05) is 18.2 Å². The van der Waals surface area contributed by atoms with E-state index in [1.165, 1.54) is 6.26 Å². The molecule has 0 aliphatic rings. The average Bonchev–Trinajstić information content (AvgIpc) is 2.80. The molecule has 7 heteroatoms. The van der Waals surface area contributed by atoms with Crippen molar-refractivity contribution in [3.63, 3.8) is 0 Å². The minimum atomic E-state index is -3.10. The molecule has 0 aliphatic carbocycles. The number of carbonyl (C=O) groups excluding carboxylic acids is 1. The van der Waals surface area contributed by atoms with Gasteiger partial charge < -0.3 is 15.5 Å².